The fraction of sp³-hybridized carbons (Fsp3) is 0.333. The van der Waals surface area contributed by atoms with Gasteiger partial charge in [0.2, 0.25) is 5.96 Å². The Morgan fingerprint density at radius 2 is 2.44 bits per heavy atom. The van der Waals surface area contributed by atoms with Crippen molar-refractivity contribution in [1.82, 2.24) is 0 Å². The number of azo groups is 1. The monoisotopic (exact) mass is 128 g/mol. The van der Waals surface area contributed by atoms with Gasteiger partial charge in [-0.1, -0.05) is 0 Å². The predicted octanol–water partition coefficient (Wildman–Crippen LogP) is -0.822. The second kappa shape index (κ2) is 1.81. The number of rotatable bonds is 1. The van der Waals surface area contributed by atoms with Crippen LogP contribution in [0, 0.1) is 0 Å². The lowest BCUT2D eigenvalue weighted by Crippen LogP contribution is -2.14. The molecule has 1 rings (SSSR count). The third-order valence-corrected chi connectivity index (χ3v) is 0.745. The van der Waals surface area contributed by atoms with Gasteiger partial charge in [0.1, 0.15) is 0 Å². The predicted molar refractivity (Wildman–Crippen MR) is 27.9 cm³/mol. The Labute approximate surface area is 50.1 Å². The van der Waals surface area contributed by atoms with Gasteiger partial charge in [0.05, 0.1) is 0 Å². The van der Waals surface area contributed by atoms with E-state index < -0.39 is 12.1 Å². The van der Waals surface area contributed by atoms with E-state index in [-0.39, 0.29) is 5.96 Å². The molecule has 0 unspecified atom stereocenters. The van der Waals surface area contributed by atoms with Crippen LogP contribution in [0.5, 0.6) is 0 Å². The highest BCUT2D eigenvalue weighted by Gasteiger charge is 2.19. The van der Waals surface area contributed by atoms with Gasteiger partial charge in [-0.25, -0.2) is 9.79 Å². The minimum absolute atomic E-state index is 0.0811. The van der Waals surface area contributed by atoms with Crippen LogP contribution in [0.2, 0.25) is 0 Å². The maximum Gasteiger partial charge on any atom is 0.353 e. The standard InChI is InChI=1S/C3H4N4O2/c4-3-5-1(2(8)9)6-7-3/h1H,(H2,4,5)(H,8,9)/t1-/m0/s1. The maximum absolute atomic E-state index is 10.0. The first-order valence-corrected chi connectivity index (χ1v) is 2.17. The van der Waals surface area contributed by atoms with Crippen LogP contribution >= 0.6 is 0 Å². The van der Waals surface area contributed by atoms with Gasteiger partial charge in [-0.3, -0.25) is 0 Å². The summed E-state index contributed by atoms with van der Waals surface area (Å²) in [5.41, 5.74) is 4.99. The van der Waals surface area contributed by atoms with Gasteiger partial charge in [0, 0.05) is 0 Å². The van der Waals surface area contributed by atoms with E-state index in [0.29, 0.717) is 0 Å². The number of hydrogen-bond donors (Lipinski definition) is 2. The van der Waals surface area contributed by atoms with Crippen molar-refractivity contribution in [2.75, 3.05) is 0 Å². The summed E-state index contributed by atoms with van der Waals surface area (Å²) in [6.07, 6.45) is -1.12. The number of carboxylic acid groups (broad SMARTS) is 1. The second-order valence-electron chi connectivity index (χ2n) is 1.41. The number of nitrogens with two attached hydrogens (primary N) is 1. The number of aliphatic imine (C=N–C) groups is 1. The zero-order valence-corrected chi connectivity index (χ0v) is 4.35. The minimum atomic E-state index is -1.14. The summed E-state index contributed by atoms with van der Waals surface area (Å²) < 4.78 is 0. The molecule has 48 valence electrons. The third kappa shape index (κ3) is 1.01. The molecule has 1 aliphatic rings. The molecule has 6 heteroatoms. The highest BCUT2D eigenvalue weighted by molar-refractivity contribution is 5.85. The first-order chi connectivity index (χ1) is 4.20. The SMILES string of the molecule is NC1=N[C@H](C(=O)O)N=N1. The molecule has 0 saturated carbocycles. The smallest absolute Gasteiger partial charge is 0.353 e. The zero-order valence-electron chi connectivity index (χ0n) is 4.35. The Kier molecular flexibility index (Phi) is 1.14. The number of carbonyl (C=O) groups is 1. The lowest BCUT2D eigenvalue weighted by molar-refractivity contribution is -0.138. The maximum atomic E-state index is 10.0. The van der Waals surface area contributed by atoms with Crippen molar-refractivity contribution in [3.8, 4) is 0 Å². The normalized spacial score (nSPS) is 24.0. The Bertz CT molecular complexity index is 196. The molecule has 1 atom stereocenters. The van der Waals surface area contributed by atoms with E-state index in [4.69, 9.17) is 10.8 Å². The number of carboxylic acids is 1. The van der Waals surface area contributed by atoms with Gasteiger partial charge in [-0.2, -0.15) is 0 Å². The average Bonchev–Trinajstić information content (AvgIpc) is 2.14. The molecular formula is C3H4N4O2. The molecule has 0 fully saturated rings. The van der Waals surface area contributed by atoms with Crippen molar-refractivity contribution < 1.29 is 9.90 Å². The van der Waals surface area contributed by atoms with Gasteiger partial charge in [-0.15, -0.1) is 10.2 Å². The van der Waals surface area contributed by atoms with Crippen LogP contribution in [-0.2, 0) is 4.79 Å². The molecule has 0 aromatic heterocycles. The molecule has 0 spiro atoms. The van der Waals surface area contributed by atoms with Crippen LogP contribution in [0.4, 0.5) is 0 Å². The van der Waals surface area contributed by atoms with Crippen LogP contribution in [0.15, 0.2) is 15.2 Å². The quantitative estimate of drug-likeness (QED) is 0.482. The van der Waals surface area contributed by atoms with Crippen molar-refractivity contribution in [2.45, 2.75) is 6.17 Å². The van der Waals surface area contributed by atoms with Crippen LogP contribution in [0.1, 0.15) is 0 Å². The molecule has 0 aromatic carbocycles. The van der Waals surface area contributed by atoms with Gasteiger partial charge in [0.15, 0.2) is 0 Å². The Balaban J connectivity index is 2.70. The molecule has 1 aliphatic heterocycles. The second-order valence-corrected chi connectivity index (χ2v) is 1.41. The highest BCUT2D eigenvalue weighted by Crippen LogP contribution is 2.01. The summed E-state index contributed by atoms with van der Waals surface area (Å²) in [5, 5.41) is 14.6. The first kappa shape index (κ1) is 5.67. The van der Waals surface area contributed by atoms with Crippen molar-refractivity contribution in [3.63, 3.8) is 0 Å². The van der Waals surface area contributed by atoms with Gasteiger partial charge in [0.25, 0.3) is 6.17 Å². The largest absolute Gasteiger partial charge is 0.478 e. The topological polar surface area (TPSA) is 100 Å². The molecule has 0 radical (unpaired) electrons. The average molecular weight is 128 g/mol. The van der Waals surface area contributed by atoms with E-state index in [2.05, 4.69) is 15.2 Å². The number of nitrogens with zero attached hydrogens (tertiary/aromatic N) is 3. The Morgan fingerprint density at radius 3 is 2.67 bits per heavy atom. The molecule has 6 nitrogen and oxygen atoms in total. The lowest BCUT2D eigenvalue weighted by atomic mass is 10.5. The number of aliphatic carboxylic acids is 1. The minimum Gasteiger partial charge on any atom is -0.478 e. The summed E-state index contributed by atoms with van der Waals surface area (Å²) in [4.78, 5) is 13.4. The van der Waals surface area contributed by atoms with E-state index in [1.165, 1.54) is 0 Å². The van der Waals surface area contributed by atoms with E-state index in [9.17, 15) is 4.79 Å². The molecule has 0 bridgehead atoms. The summed E-state index contributed by atoms with van der Waals surface area (Å²) in [6, 6.07) is 0. The fourth-order valence-electron chi connectivity index (χ4n) is 0.395. The Morgan fingerprint density at radius 1 is 1.78 bits per heavy atom. The molecule has 0 aliphatic carbocycles. The molecule has 9 heavy (non-hydrogen) atoms. The highest BCUT2D eigenvalue weighted by atomic mass is 16.4. The summed E-state index contributed by atoms with van der Waals surface area (Å²) in [5.74, 6) is -1.22. The summed E-state index contributed by atoms with van der Waals surface area (Å²) in [6.45, 7) is 0. The summed E-state index contributed by atoms with van der Waals surface area (Å²) in [7, 11) is 0. The molecule has 0 aromatic rings. The van der Waals surface area contributed by atoms with Crippen LogP contribution in [0.3, 0.4) is 0 Å². The van der Waals surface area contributed by atoms with Gasteiger partial charge in [-0.05, 0) is 0 Å². The van der Waals surface area contributed by atoms with Crippen LogP contribution < -0.4 is 5.73 Å². The van der Waals surface area contributed by atoms with Crippen LogP contribution in [0.25, 0.3) is 0 Å². The molecule has 0 amide bonds. The molecule has 1 heterocycles. The van der Waals surface area contributed by atoms with E-state index in [1.54, 1.807) is 0 Å². The molecular weight excluding hydrogens is 124 g/mol. The van der Waals surface area contributed by atoms with Crippen LogP contribution in [-0.4, -0.2) is 23.2 Å². The summed E-state index contributed by atoms with van der Waals surface area (Å²) >= 11 is 0. The van der Waals surface area contributed by atoms with Gasteiger partial charge >= 0.3 is 5.97 Å². The fourth-order valence-corrected chi connectivity index (χ4v) is 0.395. The zero-order chi connectivity index (χ0) is 6.85. The van der Waals surface area contributed by atoms with Crippen molar-refractivity contribution >= 4 is 11.9 Å². The van der Waals surface area contributed by atoms with Gasteiger partial charge < -0.3 is 10.8 Å². The number of hydrogen-bond acceptors (Lipinski definition) is 5. The van der Waals surface area contributed by atoms with Crippen molar-refractivity contribution in [2.24, 2.45) is 21.0 Å². The number of guanidine groups is 1. The van der Waals surface area contributed by atoms with E-state index in [1.807, 2.05) is 0 Å². The third-order valence-electron chi connectivity index (χ3n) is 0.745. The lowest BCUT2D eigenvalue weighted by Gasteiger charge is -1.88. The Hall–Kier alpha value is -1.46. The first-order valence-electron chi connectivity index (χ1n) is 2.17. The van der Waals surface area contributed by atoms with Crippen molar-refractivity contribution in [1.29, 1.82) is 0 Å². The van der Waals surface area contributed by atoms with Crippen molar-refractivity contribution in [3.05, 3.63) is 0 Å². The molecule has 3 N–H and O–H groups in total. The van der Waals surface area contributed by atoms with E-state index in [0.717, 1.165) is 0 Å². The molecule has 0 saturated heterocycles. The van der Waals surface area contributed by atoms with E-state index >= 15 is 0 Å².